The Kier molecular flexibility index (Phi) is 2.20. The maximum Gasteiger partial charge on any atom is -0.0331 e. The van der Waals surface area contributed by atoms with E-state index in [2.05, 4.69) is 27.7 Å². The molecule has 0 aliphatic heterocycles. The number of rotatable bonds is 0. The first-order valence-electron chi connectivity index (χ1n) is 7.09. The van der Waals surface area contributed by atoms with Crippen LogP contribution < -0.4 is 0 Å². The molecule has 3 aliphatic rings. The van der Waals surface area contributed by atoms with Crippen LogP contribution >= 0.6 is 0 Å². The van der Waals surface area contributed by atoms with Crippen LogP contribution in [0, 0.1) is 47.3 Å². The summed E-state index contributed by atoms with van der Waals surface area (Å²) in [7, 11) is 0. The van der Waals surface area contributed by atoms with Gasteiger partial charge in [0.1, 0.15) is 0 Å². The van der Waals surface area contributed by atoms with Crippen molar-refractivity contribution in [3.8, 4) is 0 Å². The van der Waals surface area contributed by atoms with Gasteiger partial charge in [0.25, 0.3) is 0 Å². The Morgan fingerprint density at radius 1 is 0.600 bits per heavy atom. The van der Waals surface area contributed by atoms with Gasteiger partial charge >= 0.3 is 0 Å². The topological polar surface area (TPSA) is 0 Å². The zero-order valence-electron chi connectivity index (χ0n) is 10.7. The summed E-state index contributed by atoms with van der Waals surface area (Å²) < 4.78 is 0. The van der Waals surface area contributed by atoms with Gasteiger partial charge in [0, 0.05) is 0 Å². The Bertz CT molecular complexity index is 257. The van der Waals surface area contributed by atoms with E-state index < -0.39 is 0 Å². The van der Waals surface area contributed by atoms with Crippen LogP contribution in [-0.2, 0) is 0 Å². The summed E-state index contributed by atoms with van der Waals surface area (Å²) in [5.41, 5.74) is 0. The molecule has 3 aliphatic carbocycles. The second kappa shape index (κ2) is 3.25. The van der Waals surface area contributed by atoms with Crippen molar-refractivity contribution in [2.45, 2.75) is 47.0 Å². The third kappa shape index (κ3) is 1.26. The lowest BCUT2D eigenvalue weighted by Gasteiger charge is -2.49. The SMILES string of the molecule is CC1CC2C(C)C1CC(C)C1C(C)CC21. The van der Waals surface area contributed by atoms with Gasteiger partial charge in [-0.1, -0.05) is 27.7 Å². The molecule has 0 saturated heterocycles. The fourth-order valence-corrected chi connectivity index (χ4v) is 5.67. The molecule has 0 heteroatoms. The Morgan fingerprint density at radius 2 is 1.13 bits per heavy atom. The van der Waals surface area contributed by atoms with Crippen LogP contribution in [0.4, 0.5) is 0 Å². The first kappa shape index (κ1) is 10.2. The minimum absolute atomic E-state index is 1.01. The lowest BCUT2D eigenvalue weighted by molar-refractivity contribution is -0.00807. The monoisotopic (exact) mass is 206 g/mol. The van der Waals surface area contributed by atoms with Gasteiger partial charge in [-0.3, -0.25) is 0 Å². The molecule has 0 aromatic heterocycles. The Hall–Kier alpha value is 0. The van der Waals surface area contributed by atoms with E-state index >= 15 is 0 Å². The molecular formula is C15H26. The standard InChI is InChI=1S/C15H26/c1-8-5-13-11(4)12(8)6-9(2)15-10(3)7-14(13)15/h8-15H,5-7H2,1-4H3. The molecule has 0 nitrogen and oxygen atoms in total. The average Bonchev–Trinajstić information content (AvgIpc) is 2.36. The maximum absolute atomic E-state index is 2.55. The van der Waals surface area contributed by atoms with Gasteiger partial charge in [-0.25, -0.2) is 0 Å². The van der Waals surface area contributed by atoms with Crippen molar-refractivity contribution < 1.29 is 0 Å². The highest BCUT2D eigenvalue weighted by Gasteiger charge is 2.54. The van der Waals surface area contributed by atoms with Crippen molar-refractivity contribution in [1.82, 2.24) is 0 Å². The molecule has 0 spiro atoms. The first-order chi connectivity index (χ1) is 7.09. The minimum atomic E-state index is 1.01. The smallest absolute Gasteiger partial charge is 0.0331 e. The molecule has 15 heavy (non-hydrogen) atoms. The summed E-state index contributed by atoms with van der Waals surface area (Å²) in [5, 5.41) is 0. The van der Waals surface area contributed by atoms with Gasteiger partial charge in [-0.05, 0) is 66.6 Å². The van der Waals surface area contributed by atoms with E-state index in [1.165, 1.54) is 6.42 Å². The molecule has 8 atom stereocenters. The van der Waals surface area contributed by atoms with Crippen molar-refractivity contribution in [3.63, 3.8) is 0 Å². The summed E-state index contributed by atoms with van der Waals surface area (Å²) in [6, 6.07) is 0. The van der Waals surface area contributed by atoms with E-state index in [1.807, 2.05) is 0 Å². The number of hydrogen-bond acceptors (Lipinski definition) is 0. The Labute approximate surface area is 94.8 Å². The van der Waals surface area contributed by atoms with Crippen LogP contribution in [0.2, 0.25) is 0 Å². The molecule has 8 unspecified atom stereocenters. The van der Waals surface area contributed by atoms with Crippen LogP contribution in [0.3, 0.4) is 0 Å². The quantitative estimate of drug-likeness (QED) is 0.557. The third-order valence-electron chi connectivity index (χ3n) is 6.37. The van der Waals surface area contributed by atoms with Gasteiger partial charge < -0.3 is 0 Å². The normalized spacial score (nSPS) is 63.2. The van der Waals surface area contributed by atoms with Gasteiger partial charge in [0.05, 0.1) is 0 Å². The predicted octanol–water partition coefficient (Wildman–Crippen LogP) is 4.21. The fraction of sp³-hybridized carbons (Fsp3) is 1.00. The molecule has 86 valence electrons. The zero-order chi connectivity index (χ0) is 10.7. The van der Waals surface area contributed by atoms with E-state index in [1.54, 1.807) is 12.8 Å². The molecule has 0 amide bonds. The summed E-state index contributed by atoms with van der Waals surface area (Å²) >= 11 is 0. The first-order valence-corrected chi connectivity index (χ1v) is 7.09. The lowest BCUT2D eigenvalue weighted by atomic mass is 9.56. The lowest BCUT2D eigenvalue weighted by Crippen LogP contribution is -2.43. The van der Waals surface area contributed by atoms with Crippen LogP contribution in [0.25, 0.3) is 0 Å². The van der Waals surface area contributed by atoms with Crippen molar-refractivity contribution >= 4 is 0 Å². The Balaban J connectivity index is 1.89. The van der Waals surface area contributed by atoms with Crippen molar-refractivity contribution in [1.29, 1.82) is 0 Å². The van der Waals surface area contributed by atoms with E-state index in [4.69, 9.17) is 0 Å². The van der Waals surface area contributed by atoms with Gasteiger partial charge in [0.2, 0.25) is 0 Å². The van der Waals surface area contributed by atoms with Crippen LogP contribution in [0.15, 0.2) is 0 Å². The zero-order valence-corrected chi connectivity index (χ0v) is 10.7. The number of fused-ring (bicyclic) bond motifs is 4. The maximum atomic E-state index is 2.55. The van der Waals surface area contributed by atoms with Crippen LogP contribution in [0.1, 0.15) is 47.0 Å². The molecule has 0 radical (unpaired) electrons. The fourth-order valence-electron chi connectivity index (χ4n) is 5.67. The van der Waals surface area contributed by atoms with Crippen LogP contribution in [-0.4, -0.2) is 0 Å². The third-order valence-corrected chi connectivity index (χ3v) is 6.37. The molecule has 0 aromatic carbocycles. The van der Waals surface area contributed by atoms with Gasteiger partial charge in [0.15, 0.2) is 0 Å². The molecule has 0 aromatic rings. The van der Waals surface area contributed by atoms with Crippen LogP contribution in [0.5, 0.6) is 0 Å². The van der Waals surface area contributed by atoms with E-state index in [-0.39, 0.29) is 0 Å². The van der Waals surface area contributed by atoms with E-state index in [0.29, 0.717) is 0 Å². The van der Waals surface area contributed by atoms with E-state index in [9.17, 15) is 0 Å². The van der Waals surface area contributed by atoms with E-state index in [0.717, 1.165) is 47.3 Å². The molecule has 3 fully saturated rings. The number of hydrogen-bond donors (Lipinski definition) is 0. The summed E-state index contributed by atoms with van der Waals surface area (Å²) in [5.74, 6) is 8.45. The highest BCUT2D eigenvalue weighted by atomic mass is 14.6. The van der Waals surface area contributed by atoms with Gasteiger partial charge in [-0.15, -0.1) is 0 Å². The molecule has 3 rings (SSSR count). The average molecular weight is 206 g/mol. The van der Waals surface area contributed by atoms with Gasteiger partial charge in [-0.2, -0.15) is 0 Å². The second-order valence-corrected chi connectivity index (χ2v) is 7.07. The summed E-state index contributed by atoms with van der Waals surface area (Å²) in [6.45, 7) is 10.1. The Morgan fingerprint density at radius 3 is 1.80 bits per heavy atom. The van der Waals surface area contributed by atoms with Crippen molar-refractivity contribution in [3.05, 3.63) is 0 Å². The molecule has 2 bridgehead atoms. The largest absolute Gasteiger partial charge is 0.0622 e. The minimum Gasteiger partial charge on any atom is -0.0622 e. The molecule has 3 saturated carbocycles. The molecular weight excluding hydrogens is 180 g/mol. The molecule has 0 N–H and O–H groups in total. The second-order valence-electron chi connectivity index (χ2n) is 7.07. The highest BCUT2D eigenvalue weighted by Crippen LogP contribution is 2.61. The summed E-state index contributed by atoms with van der Waals surface area (Å²) in [4.78, 5) is 0. The molecule has 0 heterocycles. The summed E-state index contributed by atoms with van der Waals surface area (Å²) in [6.07, 6.45) is 4.63. The predicted molar refractivity (Wildman–Crippen MR) is 64.5 cm³/mol. The highest BCUT2D eigenvalue weighted by molar-refractivity contribution is 5.03. The van der Waals surface area contributed by atoms with Crippen molar-refractivity contribution in [2.24, 2.45) is 47.3 Å². The van der Waals surface area contributed by atoms with Crippen molar-refractivity contribution in [2.75, 3.05) is 0 Å².